The molecule has 3 rings (SSSR count). The van der Waals surface area contributed by atoms with E-state index in [0.29, 0.717) is 5.16 Å². The molecule has 0 fully saturated rings. The molecule has 122 valence electrons. The lowest BCUT2D eigenvalue weighted by atomic mass is 9.90. The van der Waals surface area contributed by atoms with E-state index in [-0.39, 0.29) is 11.7 Å². The van der Waals surface area contributed by atoms with Crippen LogP contribution < -0.4 is 0 Å². The number of hydrogen-bond acceptors (Lipinski definition) is 4. The summed E-state index contributed by atoms with van der Waals surface area (Å²) < 4.78 is 1.87. The standard InChI is InChI=1S/C18H17N3O2S/c1-21-17(19-20-18(21)24-12-15(22)23)16(13-8-4-2-5-9-13)14-10-6-3-7-11-14/h2-11,16H,12H2,1H3,(H,22,23). The van der Waals surface area contributed by atoms with Crippen LogP contribution in [0.4, 0.5) is 0 Å². The highest BCUT2D eigenvalue weighted by atomic mass is 32.2. The Hall–Kier alpha value is -2.60. The number of aromatic nitrogens is 3. The van der Waals surface area contributed by atoms with Crippen LogP contribution in [0.1, 0.15) is 22.9 Å². The van der Waals surface area contributed by atoms with Crippen LogP contribution in [0.5, 0.6) is 0 Å². The minimum Gasteiger partial charge on any atom is -0.481 e. The van der Waals surface area contributed by atoms with Gasteiger partial charge in [0.05, 0.1) is 11.7 Å². The monoisotopic (exact) mass is 339 g/mol. The molecule has 6 heteroatoms. The maximum Gasteiger partial charge on any atom is 0.313 e. The number of carboxylic acids is 1. The van der Waals surface area contributed by atoms with Gasteiger partial charge in [0.2, 0.25) is 0 Å². The normalized spacial score (nSPS) is 10.9. The van der Waals surface area contributed by atoms with Crippen LogP contribution in [-0.4, -0.2) is 31.6 Å². The van der Waals surface area contributed by atoms with Gasteiger partial charge >= 0.3 is 5.97 Å². The van der Waals surface area contributed by atoms with Gasteiger partial charge in [-0.25, -0.2) is 0 Å². The first-order chi connectivity index (χ1) is 11.7. The highest BCUT2D eigenvalue weighted by Gasteiger charge is 2.23. The first-order valence-electron chi connectivity index (χ1n) is 7.50. The Bertz CT molecular complexity index is 779. The third-order valence-electron chi connectivity index (χ3n) is 3.72. The summed E-state index contributed by atoms with van der Waals surface area (Å²) in [7, 11) is 1.87. The van der Waals surface area contributed by atoms with E-state index in [0.717, 1.165) is 17.0 Å². The summed E-state index contributed by atoms with van der Waals surface area (Å²) in [6.07, 6.45) is 0. The average Bonchev–Trinajstić information content (AvgIpc) is 2.96. The summed E-state index contributed by atoms with van der Waals surface area (Å²) in [5.74, 6) is -0.163. The van der Waals surface area contributed by atoms with Crippen molar-refractivity contribution in [3.63, 3.8) is 0 Å². The van der Waals surface area contributed by atoms with Gasteiger partial charge in [0.25, 0.3) is 0 Å². The molecule has 0 radical (unpaired) electrons. The highest BCUT2D eigenvalue weighted by molar-refractivity contribution is 7.99. The topological polar surface area (TPSA) is 68.0 Å². The average molecular weight is 339 g/mol. The number of thioether (sulfide) groups is 1. The van der Waals surface area contributed by atoms with Gasteiger partial charge in [0, 0.05) is 7.05 Å². The van der Waals surface area contributed by atoms with Gasteiger partial charge < -0.3 is 9.67 Å². The highest BCUT2D eigenvalue weighted by Crippen LogP contribution is 2.31. The zero-order valence-corrected chi connectivity index (χ0v) is 14.0. The van der Waals surface area contributed by atoms with Crippen LogP contribution in [0.25, 0.3) is 0 Å². The van der Waals surface area contributed by atoms with Gasteiger partial charge in [-0.15, -0.1) is 10.2 Å². The van der Waals surface area contributed by atoms with E-state index in [4.69, 9.17) is 5.11 Å². The Kier molecular flexibility index (Phi) is 4.96. The van der Waals surface area contributed by atoms with E-state index in [1.165, 1.54) is 11.8 Å². The summed E-state index contributed by atoms with van der Waals surface area (Å²) in [4.78, 5) is 10.8. The Labute approximate surface area is 144 Å². The summed E-state index contributed by atoms with van der Waals surface area (Å²) in [6, 6.07) is 20.2. The molecule has 0 aliphatic heterocycles. The Morgan fingerprint density at radius 3 is 2.08 bits per heavy atom. The molecule has 5 nitrogen and oxygen atoms in total. The molecule has 0 unspecified atom stereocenters. The van der Waals surface area contributed by atoms with Crippen molar-refractivity contribution in [3.05, 3.63) is 77.6 Å². The van der Waals surface area contributed by atoms with Crippen molar-refractivity contribution in [2.75, 3.05) is 5.75 Å². The maximum absolute atomic E-state index is 10.8. The predicted octanol–water partition coefficient (Wildman–Crippen LogP) is 3.17. The van der Waals surface area contributed by atoms with E-state index >= 15 is 0 Å². The second kappa shape index (κ2) is 7.31. The largest absolute Gasteiger partial charge is 0.481 e. The van der Waals surface area contributed by atoms with E-state index in [9.17, 15) is 4.79 Å². The predicted molar refractivity (Wildman–Crippen MR) is 93.2 cm³/mol. The van der Waals surface area contributed by atoms with Crippen molar-refractivity contribution < 1.29 is 9.90 Å². The molecule has 0 aliphatic rings. The fourth-order valence-electron chi connectivity index (χ4n) is 2.61. The number of benzene rings is 2. The molecule has 1 heterocycles. The Balaban J connectivity index is 2.02. The molecular weight excluding hydrogens is 322 g/mol. The van der Waals surface area contributed by atoms with Gasteiger partial charge in [-0.1, -0.05) is 72.4 Å². The Morgan fingerprint density at radius 1 is 1.04 bits per heavy atom. The summed E-state index contributed by atoms with van der Waals surface area (Å²) in [5, 5.41) is 18.0. The van der Waals surface area contributed by atoms with E-state index in [2.05, 4.69) is 34.5 Å². The van der Waals surface area contributed by atoms with Crippen LogP contribution in [0.15, 0.2) is 65.8 Å². The van der Waals surface area contributed by atoms with Crippen LogP contribution in [0.2, 0.25) is 0 Å². The third-order valence-corrected chi connectivity index (χ3v) is 4.72. The number of carbonyl (C=O) groups is 1. The van der Waals surface area contributed by atoms with Crippen molar-refractivity contribution >= 4 is 17.7 Å². The summed E-state index contributed by atoms with van der Waals surface area (Å²) >= 11 is 1.17. The number of carboxylic acid groups (broad SMARTS) is 1. The molecule has 0 amide bonds. The van der Waals surface area contributed by atoms with Crippen molar-refractivity contribution in [1.82, 2.24) is 14.8 Å². The van der Waals surface area contributed by atoms with Crippen LogP contribution in [-0.2, 0) is 11.8 Å². The van der Waals surface area contributed by atoms with Gasteiger partial charge in [-0.2, -0.15) is 0 Å². The molecule has 0 bridgehead atoms. The fourth-order valence-corrected chi connectivity index (χ4v) is 3.25. The minimum atomic E-state index is -0.868. The molecule has 0 saturated heterocycles. The SMILES string of the molecule is Cn1c(SCC(=O)O)nnc1C(c1ccccc1)c1ccccc1. The molecule has 0 spiro atoms. The molecule has 2 aromatic carbocycles. The molecular formula is C18H17N3O2S. The second-order valence-electron chi connectivity index (χ2n) is 5.34. The van der Waals surface area contributed by atoms with E-state index < -0.39 is 5.97 Å². The van der Waals surface area contributed by atoms with Crippen molar-refractivity contribution in [1.29, 1.82) is 0 Å². The minimum absolute atomic E-state index is 0.0344. The molecule has 0 aliphatic carbocycles. The zero-order valence-electron chi connectivity index (χ0n) is 13.2. The lowest BCUT2D eigenvalue weighted by Crippen LogP contribution is -2.10. The molecule has 3 aromatic rings. The molecule has 1 N–H and O–H groups in total. The van der Waals surface area contributed by atoms with E-state index in [1.807, 2.05) is 48.0 Å². The quantitative estimate of drug-likeness (QED) is 0.699. The molecule has 0 saturated carbocycles. The third kappa shape index (κ3) is 3.49. The van der Waals surface area contributed by atoms with Gasteiger partial charge in [0.15, 0.2) is 5.16 Å². The van der Waals surface area contributed by atoms with Crippen molar-refractivity contribution in [2.24, 2.45) is 7.05 Å². The fraction of sp³-hybridized carbons (Fsp3) is 0.167. The van der Waals surface area contributed by atoms with Crippen LogP contribution in [0.3, 0.4) is 0 Å². The lowest BCUT2D eigenvalue weighted by molar-refractivity contribution is -0.133. The van der Waals surface area contributed by atoms with E-state index in [1.54, 1.807) is 0 Å². The van der Waals surface area contributed by atoms with Crippen molar-refractivity contribution in [2.45, 2.75) is 11.1 Å². The molecule has 0 atom stereocenters. The summed E-state index contributed by atoms with van der Waals surface area (Å²) in [6.45, 7) is 0. The first kappa shape index (κ1) is 16.3. The van der Waals surface area contributed by atoms with Crippen LogP contribution in [0, 0.1) is 0 Å². The number of rotatable bonds is 6. The zero-order chi connectivity index (χ0) is 16.9. The van der Waals surface area contributed by atoms with Gasteiger partial charge in [-0.3, -0.25) is 4.79 Å². The number of hydrogen-bond donors (Lipinski definition) is 1. The lowest BCUT2D eigenvalue weighted by Gasteiger charge is -2.17. The second-order valence-corrected chi connectivity index (χ2v) is 6.28. The van der Waals surface area contributed by atoms with Crippen molar-refractivity contribution in [3.8, 4) is 0 Å². The van der Waals surface area contributed by atoms with Crippen LogP contribution >= 0.6 is 11.8 Å². The summed E-state index contributed by atoms with van der Waals surface area (Å²) in [5.41, 5.74) is 2.24. The number of nitrogens with zero attached hydrogens (tertiary/aromatic N) is 3. The number of aliphatic carboxylic acids is 1. The van der Waals surface area contributed by atoms with Gasteiger partial charge in [0.1, 0.15) is 5.82 Å². The smallest absolute Gasteiger partial charge is 0.313 e. The molecule has 24 heavy (non-hydrogen) atoms. The molecule has 1 aromatic heterocycles. The first-order valence-corrected chi connectivity index (χ1v) is 8.49. The Morgan fingerprint density at radius 2 is 1.58 bits per heavy atom. The van der Waals surface area contributed by atoms with Gasteiger partial charge in [-0.05, 0) is 11.1 Å². The maximum atomic E-state index is 10.8.